The molecule has 2 aliphatic heterocycles. The third-order valence-electron chi connectivity index (χ3n) is 5.04. The number of hydrogen-bond donors (Lipinski definition) is 1. The molecule has 23 heavy (non-hydrogen) atoms. The number of ether oxygens (including phenoxy) is 2. The van der Waals surface area contributed by atoms with E-state index in [1.54, 1.807) is 12.0 Å². The second kappa shape index (κ2) is 6.13. The predicted octanol–water partition coefficient (Wildman–Crippen LogP) is 2.07. The van der Waals surface area contributed by atoms with Crippen LogP contribution in [0.1, 0.15) is 38.2 Å². The van der Waals surface area contributed by atoms with Crippen molar-refractivity contribution in [3.63, 3.8) is 0 Å². The molecule has 1 N–H and O–H groups in total. The normalized spacial score (nSPS) is 31.2. The number of methoxy groups -OCH3 is 1. The van der Waals surface area contributed by atoms with Gasteiger partial charge in [0.25, 0.3) is 5.91 Å². The second-order valence-electron chi connectivity index (χ2n) is 6.74. The van der Waals surface area contributed by atoms with Gasteiger partial charge in [-0.2, -0.15) is 0 Å². The summed E-state index contributed by atoms with van der Waals surface area (Å²) in [6.07, 6.45) is 3.04. The molecule has 0 radical (unpaired) electrons. The molecule has 2 fully saturated rings. The van der Waals surface area contributed by atoms with Crippen molar-refractivity contribution in [2.45, 2.75) is 43.8 Å². The summed E-state index contributed by atoms with van der Waals surface area (Å²) in [4.78, 5) is 14.6. The van der Waals surface area contributed by atoms with Gasteiger partial charge < -0.3 is 19.5 Å². The number of nitrogens with zero attached hydrogens (tertiary/aromatic N) is 1. The molecule has 0 spiro atoms. The summed E-state index contributed by atoms with van der Waals surface area (Å²) in [5, 5.41) is 11.2. The van der Waals surface area contributed by atoms with E-state index in [1.807, 2.05) is 31.2 Å². The molecule has 126 valence electrons. The van der Waals surface area contributed by atoms with Crippen LogP contribution >= 0.6 is 0 Å². The van der Waals surface area contributed by atoms with E-state index in [0.29, 0.717) is 25.3 Å². The van der Waals surface area contributed by atoms with Crippen LogP contribution in [-0.2, 0) is 15.1 Å². The average Bonchev–Trinajstić information content (AvgIpc) is 3.02. The molecule has 0 aliphatic carbocycles. The van der Waals surface area contributed by atoms with Crippen LogP contribution in [0.15, 0.2) is 24.3 Å². The summed E-state index contributed by atoms with van der Waals surface area (Å²) in [5.41, 5.74) is -1.06. The van der Waals surface area contributed by atoms with Crippen molar-refractivity contribution in [2.24, 2.45) is 0 Å². The van der Waals surface area contributed by atoms with Crippen LogP contribution in [0.25, 0.3) is 0 Å². The van der Waals surface area contributed by atoms with E-state index in [4.69, 9.17) is 9.47 Å². The number of amides is 1. The Morgan fingerprint density at radius 2 is 2.09 bits per heavy atom. The first-order chi connectivity index (χ1) is 11.0. The highest BCUT2D eigenvalue weighted by molar-refractivity contribution is 5.85. The van der Waals surface area contributed by atoms with Crippen molar-refractivity contribution in [1.82, 2.24) is 4.90 Å². The minimum Gasteiger partial charge on any atom is -0.496 e. The maximum atomic E-state index is 12.9. The van der Waals surface area contributed by atoms with E-state index in [9.17, 15) is 9.90 Å². The Kier molecular flexibility index (Phi) is 4.34. The van der Waals surface area contributed by atoms with Crippen LogP contribution in [0.3, 0.4) is 0 Å². The summed E-state index contributed by atoms with van der Waals surface area (Å²) in [7, 11) is 1.60. The van der Waals surface area contributed by atoms with Gasteiger partial charge in [0.2, 0.25) is 0 Å². The first kappa shape index (κ1) is 16.3. The lowest BCUT2D eigenvalue weighted by Gasteiger charge is -2.42. The Hall–Kier alpha value is -1.59. The summed E-state index contributed by atoms with van der Waals surface area (Å²) in [5.74, 6) is 0.649. The van der Waals surface area contributed by atoms with Gasteiger partial charge in [-0.05, 0) is 38.7 Å². The highest BCUT2D eigenvalue weighted by atomic mass is 16.5. The number of benzene rings is 1. The van der Waals surface area contributed by atoms with Crippen molar-refractivity contribution in [3.05, 3.63) is 29.8 Å². The van der Waals surface area contributed by atoms with Gasteiger partial charge >= 0.3 is 0 Å². The molecule has 0 aromatic heterocycles. The molecule has 2 aliphatic rings. The zero-order valence-corrected chi connectivity index (χ0v) is 13.9. The minimum absolute atomic E-state index is 0.0111. The van der Waals surface area contributed by atoms with Gasteiger partial charge in [0.1, 0.15) is 17.0 Å². The highest BCUT2D eigenvalue weighted by Gasteiger charge is 2.45. The van der Waals surface area contributed by atoms with Crippen LogP contribution in [0.4, 0.5) is 0 Å². The molecule has 0 bridgehead atoms. The van der Waals surface area contributed by atoms with Crippen LogP contribution in [0.5, 0.6) is 5.75 Å². The van der Waals surface area contributed by atoms with Crippen molar-refractivity contribution in [2.75, 3.05) is 26.8 Å². The van der Waals surface area contributed by atoms with Crippen molar-refractivity contribution >= 4 is 5.91 Å². The first-order valence-corrected chi connectivity index (χ1v) is 8.28. The van der Waals surface area contributed by atoms with Gasteiger partial charge in [0, 0.05) is 18.7 Å². The van der Waals surface area contributed by atoms with E-state index < -0.39 is 11.2 Å². The number of para-hydroxylation sites is 1. The first-order valence-electron chi connectivity index (χ1n) is 8.28. The number of rotatable bonds is 3. The van der Waals surface area contributed by atoms with Crippen LogP contribution in [0.2, 0.25) is 0 Å². The molecule has 2 atom stereocenters. The summed E-state index contributed by atoms with van der Waals surface area (Å²) < 4.78 is 11.1. The Morgan fingerprint density at radius 3 is 2.78 bits per heavy atom. The van der Waals surface area contributed by atoms with E-state index in [0.717, 1.165) is 24.8 Å². The minimum atomic E-state index is -1.07. The summed E-state index contributed by atoms with van der Waals surface area (Å²) in [6.45, 7) is 3.44. The molecular formula is C18H25NO4. The molecule has 5 nitrogen and oxygen atoms in total. The van der Waals surface area contributed by atoms with Gasteiger partial charge in [0.15, 0.2) is 0 Å². The summed E-state index contributed by atoms with van der Waals surface area (Å²) >= 11 is 0. The summed E-state index contributed by atoms with van der Waals surface area (Å²) in [6, 6.07) is 7.49. The number of aliphatic hydroxyl groups is 1. The maximum Gasteiger partial charge on any atom is 0.254 e. The van der Waals surface area contributed by atoms with Crippen molar-refractivity contribution in [1.29, 1.82) is 0 Å². The number of hydrogen-bond acceptors (Lipinski definition) is 4. The molecule has 1 aromatic carbocycles. The van der Waals surface area contributed by atoms with E-state index in [1.165, 1.54) is 0 Å². The van der Waals surface area contributed by atoms with Gasteiger partial charge in [-0.1, -0.05) is 18.2 Å². The highest BCUT2D eigenvalue weighted by Crippen LogP contribution is 2.38. The Morgan fingerprint density at radius 1 is 1.30 bits per heavy atom. The number of likely N-dealkylation sites (tertiary alicyclic amines) is 1. The lowest BCUT2D eigenvalue weighted by molar-refractivity contribution is -0.158. The lowest BCUT2D eigenvalue weighted by atomic mass is 9.84. The molecule has 1 aromatic rings. The second-order valence-corrected chi connectivity index (χ2v) is 6.74. The van der Waals surface area contributed by atoms with Crippen molar-refractivity contribution < 1.29 is 19.4 Å². The molecule has 2 heterocycles. The Labute approximate surface area is 137 Å². The fraction of sp³-hybridized carbons (Fsp3) is 0.611. The SMILES string of the molecule is COc1ccccc1[C@@]1(O)CCCN(C(=O)[C@]2(C)CCCO2)C1. The maximum absolute atomic E-state index is 12.9. The largest absolute Gasteiger partial charge is 0.496 e. The molecule has 0 saturated carbocycles. The fourth-order valence-electron chi connectivity index (χ4n) is 3.74. The molecular weight excluding hydrogens is 294 g/mol. The standard InChI is InChI=1S/C18H25NO4/c1-17(9-6-12-23-17)16(20)19-11-5-10-18(21,13-19)14-7-3-4-8-15(14)22-2/h3-4,7-8,21H,5-6,9-13H2,1-2H3/t17-,18+/m0/s1. The molecule has 1 amide bonds. The molecule has 3 rings (SSSR count). The number of β-amino-alcohol motifs (C(OH)–C–C–N with tert-alkyl or cyclic N) is 1. The zero-order valence-electron chi connectivity index (χ0n) is 13.9. The Balaban J connectivity index is 1.83. The topological polar surface area (TPSA) is 59.0 Å². The number of carbonyl (C=O) groups excluding carboxylic acids is 1. The van der Waals surface area contributed by atoms with Gasteiger partial charge in [-0.3, -0.25) is 4.79 Å². The van der Waals surface area contributed by atoms with Gasteiger partial charge in [0.05, 0.1) is 13.7 Å². The smallest absolute Gasteiger partial charge is 0.254 e. The van der Waals surface area contributed by atoms with Gasteiger partial charge in [-0.25, -0.2) is 0 Å². The van der Waals surface area contributed by atoms with E-state index in [-0.39, 0.29) is 12.5 Å². The van der Waals surface area contributed by atoms with Gasteiger partial charge in [-0.15, -0.1) is 0 Å². The predicted molar refractivity (Wildman–Crippen MR) is 86.3 cm³/mol. The fourth-order valence-corrected chi connectivity index (χ4v) is 3.74. The Bertz CT molecular complexity index is 582. The zero-order chi connectivity index (χ0) is 16.5. The monoisotopic (exact) mass is 319 g/mol. The molecule has 0 unspecified atom stereocenters. The molecule has 2 saturated heterocycles. The molecule has 5 heteroatoms. The number of piperidine rings is 1. The quantitative estimate of drug-likeness (QED) is 0.926. The van der Waals surface area contributed by atoms with E-state index >= 15 is 0 Å². The lowest BCUT2D eigenvalue weighted by Crippen LogP contribution is -2.54. The van der Waals surface area contributed by atoms with Crippen LogP contribution in [-0.4, -0.2) is 48.3 Å². The van der Waals surface area contributed by atoms with Crippen LogP contribution in [0, 0.1) is 0 Å². The van der Waals surface area contributed by atoms with E-state index in [2.05, 4.69) is 0 Å². The third kappa shape index (κ3) is 2.95. The van der Waals surface area contributed by atoms with Crippen LogP contribution < -0.4 is 4.74 Å². The average molecular weight is 319 g/mol. The third-order valence-corrected chi connectivity index (χ3v) is 5.04. The van der Waals surface area contributed by atoms with Crippen molar-refractivity contribution in [3.8, 4) is 5.75 Å². The number of carbonyl (C=O) groups is 1.